The number of fused-ring (bicyclic) bond motifs is 2. The van der Waals surface area contributed by atoms with Gasteiger partial charge in [0.15, 0.2) is 6.19 Å². The molecule has 3 heterocycles. The van der Waals surface area contributed by atoms with Gasteiger partial charge in [0, 0.05) is 32.4 Å². The van der Waals surface area contributed by atoms with E-state index in [-0.39, 0.29) is 0 Å². The minimum atomic E-state index is 0.305. The first-order chi connectivity index (χ1) is 18.1. The summed E-state index contributed by atoms with van der Waals surface area (Å²) in [6, 6.07) is 13.0. The molecule has 1 aliphatic carbocycles. The van der Waals surface area contributed by atoms with E-state index in [4.69, 9.17) is 15.4 Å². The van der Waals surface area contributed by atoms with Gasteiger partial charge in [-0.05, 0) is 75.3 Å². The lowest BCUT2D eigenvalue weighted by Gasteiger charge is -2.37. The van der Waals surface area contributed by atoms with Crippen molar-refractivity contribution in [2.24, 2.45) is 5.92 Å². The largest absolute Gasteiger partial charge is 0.342 e. The van der Waals surface area contributed by atoms with Gasteiger partial charge in [-0.1, -0.05) is 25.1 Å². The van der Waals surface area contributed by atoms with Crippen LogP contribution in [0.5, 0.6) is 0 Å². The van der Waals surface area contributed by atoms with Crippen LogP contribution in [0.1, 0.15) is 62.2 Å². The van der Waals surface area contributed by atoms with Crippen molar-refractivity contribution in [3.8, 4) is 6.19 Å². The van der Waals surface area contributed by atoms with Gasteiger partial charge in [-0.3, -0.25) is 15.3 Å². The Morgan fingerprint density at radius 1 is 1.19 bits per heavy atom. The van der Waals surface area contributed by atoms with Gasteiger partial charge in [-0.25, -0.2) is 9.88 Å². The standard InChI is InChI=1S/C29H38N8/c1-3-16-36(21-30)29(31)35-17-8-9-22(18-35)19-37-25-13-5-4-12-24(25)33-27(37)20-34(2)26-14-6-10-23-11-7-15-32-28(23)26/h4-5,7,11-13,15,22,26,31H,3,6,8-10,14,16-20H2,1-2H3/t22?,26-/m0/s1. The number of nitrogens with one attached hydrogen (secondary N) is 1. The number of nitriles is 1. The Morgan fingerprint density at radius 2 is 2.05 bits per heavy atom. The van der Waals surface area contributed by atoms with Crippen LogP contribution in [-0.2, 0) is 19.5 Å². The van der Waals surface area contributed by atoms with Gasteiger partial charge in [0.05, 0.1) is 29.3 Å². The molecule has 3 aromatic rings. The number of nitrogens with zero attached hydrogens (tertiary/aromatic N) is 7. The second-order valence-electron chi connectivity index (χ2n) is 10.5. The van der Waals surface area contributed by atoms with Crippen molar-refractivity contribution < 1.29 is 0 Å². The molecule has 2 aliphatic rings. The Balaban J connectivity index is 1.36. The molecule has 0 radical (unpaired) electrons. The molecule has 8 nitrogen and oxygen atoms in total. The Labute approximate surface area is 220 Å². The second kappa shape index (κ2) is 11.3. The van der Waals surface area contributed by atoms with Crippen LogP contribution in [-0.4, -0.2) is 61.9 Å². The third-order valence-corrected chi connectivity index (χ3v) is 7.90. The van der Waals surface area contributed by atoms with Gasteiger partial charge in [-0.2, -0.15) is 5.26 Å². The molecule has 2 atom stereocenters. The first kappa shape index (κ1) is 25.2. The van der Waals surface area contributed by atoms with Crippen molar-refractivity contribution >= 4 is 17.0 Å². The zero-order valence-corrected chi connectivity index (χ0v) is 22.1. The van der Waals surface area contributed by atoms with E-state index in [9.17, 15) is 5.26 Å². The van der Waals surface area contributed by atoms with E-state index in [0.717, 1.165) is 69.6 Å². The normalized spacial score (nSPS) is 19.6. The average Bonchev–Trinajstić information content (AvgIpc) is 3.27. The molecule has 1 N–H and O–H groups in total. The van der Waals surface area contributed by atoms with Crippen LogP contribution in [0.4, 0.5) is 0 Å². The second-order valence-corrected chi connectivity index (χ2v) is 10.5. The quantitative estimate of drug-likeness (QED) is 0.218. The molecule has 1 aliphatic heterocycles. The highest BCUT2D eigenvalue weighted by Crippen LogP contribution is 2.33. The maximum atomic E-state index is 9.53. The van der Waals surface area contributed by atoms with Crippen molar-refractivity contribution in [2.75, 3.05) is 26.7 Å². The molecule has 194 valence electrons. The van der Waals surface area contributed by atoms with E-state index in [1.165, 1.54) is 28.1 Å². The van der Waals surface area contributed by atoms with Crippen LogP contribution >= 0.6 is 0 Å². The molecule has 37 heavy (non-hydrogen) atoms. The van der Waals surface area contributed by atoms with Crippen molar-refractivity contribution in [3.63, 3.8) is 0 Å². The Morgan fingerprint density at radius 3 is 2.89 bits per heavy atom. The van der Waals surface area contributed by atoms with Gasteiger partial charge < -0.3 is 9.47 Å². The lowest BCUT2D eigenvalue weighted by atomic mass is 9.91. The SMILES string of the molecule is CCCN(C#N)C(=N)N1CCCC(Cn2c(CN(C)[C@H]3CCCc4cccnc43)nc3ccccc32)C1. The molecule has 0 saturated carbocycles. The number of aryl methyl sites for hydroxylation is 1. The molecule has 8 heteroatoms. The third kappa shape index (κ3) is 5.33. The number of pyridine rings is 1. The first-order valence-corrected chi connectivity index (χ1v) is 13.7. The van der Waals surface area contributed by atoms with Crippen LogP contribution in [0.3, 0.4) is 0 Å². The number of hydrogen-bond acceptors (Lipinski definition) is 5. The van der Waals surface area contributed by atoms with E-state index in [1.807, 2.05) is 19.2 Å². The van der Waals surface area contributed by atoms with Crippen molar-refractivity contribution in [1.29, 1.82) is 10.7 Å². The van der Waals surface area contributed by atoms with Gasteiger partial charge in [0.2, 0.25) is 5.96 Å². The minimum Gasteiger partial charge on any atom is -0.342 e. The fraction of sp³-hybridized carbons (Fsp3) is 0.517. The maximum Gasteiger partial charge on any atom is 0.207 e. The maximum absolute atomic E-state index is 9.53. The summed E-state index contributed by atoms with van der Waals surface area (Å²) in [4.78, 5) is 15.9. The molecule has 5 rings (SSSR count). The summed E-state index contributed by atoms with van der Waals surface area (Å²) in [5.74, 6) is 1.83. The smallest absolute Gasteiger partial charge is 0.207 e. The number of guanidine groups is 1. The molecule has 0 spiro atoms. The van der Waals surface area contributed by atoms with Crippen molar-refractivity contribution in [2.45, 2.75) is 64.6 Å². The molecular weight excluding hydrogens is 460 g/mol. The predicted molar refractivity (Wildman–Crippen MR) is 146 cm³/mol. The Kier molecular flexibility index (Phi) is 7.71. The van der Waals surface area contributed by atoms with Crippen LogP contribution in [0.15, 0.2) is 42.6 Å². The molecule has 2 aromatic heterocycles. The lowest BCUT2D eigenvalue weighted by molar-refractivity contribution is 0.194. The number of likely N-dealkylation sites (tertiary alicyclic amines) is 1. The summed E-state index contributed by atoms with van der Waals surface area (Å²) in [6.07, 6.45) is 10.5. The fourth-order valence-electron chi connectivity index (χ4n) is 6.06. The predicted octanol–water partition coefficient (Wildman–Crippen LogP) is 4.78. The number of para-hydroxylation sites is 2. The number of hydrogen-bond donors (Lipinski definition) is 1. The van der Waals surface area contributed by atoms with Crippen LogP contribution in [0.2, 0.25) is 0 Å². The Hall–Kier alpha value is -3.44. The number of imidazole rings is 1. The van der Waals surface area contributed by atoms with Crippen molar-refractivity contribution in [3.05, 3.63) is 59.7 Å². The van der Waals surface area contributed by atoms with Crippen LogP contribution in [0.25, 0.3) is 11.0 Å². The third-order valence-electron chi connectivity index (χ3n) is 7.90. The summed E-state index contributed by atoms with van der Waals surface area (Å²) in [7, 11) is 2.20. The van der Waals surface area contributed by atoms with Crippen LogP contribution < -0.4 is 0 Å². The highest BCUT2D eigenvalue weighted by Gasteiger charge is 2.28. The van der Waals surface area contributed by atoms with E-state index in [2.05, 4.69) is 57.9 Å². The van der Waals surface area contributed by atoms with E-state index < -0.39 is 0 Å². The first-order valence-electron chi connectivity index (χ1n) is 13.7. The number of piperidine rings is 1. The number of rotatable bonds is 7. The molecule has 0 bridgehead atoms. The lowest BCUT2D eigenvalue weighted by Crippen LogP contribution is -2.47. The summed E-state index contributed by atoms with van der Waals surface area (Å²) >= 11 is 0. The van der Waals surface area contributed by atoms with E-state index in [0.29, 0.717) is 24.5 Å². The van der Waals surface area contributed by atoms with E-state index >= 15 is 0 Å². The zero-order chi connectivity index (χ0) is 25.8. The summed E-state index contributed by atoms with van der Waals surface area (Å²) in [6.45, 7) is 5.90. The Bertz CT molecular complexity index is 1270. The monoisotopic (exact) mass is 498 g/mol. The van der Waals surface area contributed by atoms with Gasteiger partial charge in [0.1, 0.15) is 5.82 Å². The zero-order valence-electron chi connectivity index (χ0n) is 22.1. The number of benzene rings is 1. The van der Waals surface area contributed by atoms with E-state index in [1.54, 1.807) is 0 Å². The van der Waals surface area contributed by atoms with Crippen LogP contribution in [0, 0.1) is 22.8 Å². The molecule has 1 saturated heterocycles. The van der Waals surface area contributed by atoms with Gasteiger partial charge in [0.25, 0.3) is 0 Å². The van der Waals surface area contributed by atoms with Crippen molar-refractivity contribution in [1.82, 2.24) is 29.2 Å². The summed E-state index contributed by atoms with van der Waals surface area (Å²) in [5.41, 5.74) is 4.80. The summed E-state index contributed by atoms with van der Waals surface area (Å²) < 4.78 is 2.40. The molecule has 0 amide bonds. The highest BCUT2D eigenvalue weighted by molar-refractivity contribution is 5.78. The van der Waals surface area contributed by atoms with Gasteiger partial charge in [-0.15, -0.1) is 0 Å². The average molecular weight is 499 g/mol. The summed E-state index contributed by atoms with van der Waals surface area (Å²) in [5, 5.41) is 18.1. The topological polar surface area (TPSA) is 88.1 Å². The fourth-order valence-corrected chi connectivity index (χ4v) is 6.06. The van der Waals surface area contributed by atoms with Gasteiger partial charge >= 0.3 is 0 Å². The molecule has 1 aromatic carbocycles. The highest BCUT2D eigenvalue weighted by atomic mass is 15.4. The minimum absolute atomic E-state index is 0.305. The molecular formula is C29H38N8. The molecule has 1 unspecified atom stereocenters. The number of aromatic nitrogens is 3. The molecule has 1 fully saturated rings.